The number of amides is 3. The first-order valence-electron chi connectivity index (χ1n) is 10.7. The fourth-order valence-electron chi connectivity index (χ4n) is 3.32. The van der Waals surface area contributed by atoms with Gasteiger partial charge in [0.1, 0.15) is 18.9 Å². The molecule has 0 aliphatic carbocycles. The fraction of sp³-hybridized carbons (Fsp3) is 0.115. The standard InChI is InChI=1S/C26H19Cl3N2O4S/c1-15-6-9-19(12-20(15)28)30-24(32)13-31-25(33)23(36-26(31)34)10-16-4-2-3-5-22(16)35-14-17-7-8-18(27)11-21(17)29/h2-12H,13-14H2,1H3,(H,30,32)/b23-10+. The smallest absolute Gasteiger partial charge is 0.294 e. The lowest BCUT2D eigenvalue weighted by Crippen LogP contribution is -2.36. The van der Waals surface area contributed by atoms with E-state index in [1.807, 2.05) is 6.92 Å². The third-order valence-electron chi connectivity index (χ3n) is 5.23. The Labute approximate surface area is 227 Å². The van der Waals surface area contributed by atoms with E-state index < -0.39 is 23.6 Å². The number of imide groups is 1. The summed E-state index contributed by atoms with van der Waals surface area (Å²) in [4.78, 5) is 39.0. The molecule has 6 nitrogen and oxygen atoms in total. The summed E-state index contributed by atoms with van der Waals surface area (Å²) in [6.45, 7) is 1.61. The van der Waals surface area contributed by atoms with Crippen LogP contribution < -0.4 is 10.1 Å². The van der Waals surface area contributed by atoms with E-state index in [0.29, 0.717) is 32.1 Å². The highest BCUT2D eigenvalue weighted by Gasteiger charge is 2.36. The number of para-hydroxylation sites is 1. The van der Waals surface area contributed by atoms with Gasteiger partial charge in [-0.1, -0.05) is 65.1 Å². The number of halogens is 3. The van der Waals surface area contributed by atoms with Gasteiger partial charge in [-0.05, 0) is 60.7 Å². The van der Waals surface area contributed by atoms with Crippen molar-refractivity contribution >= 4 is 75.4 Å². The van der Waals surface area contributed by atoms with Gasteiger partial charge < -0.3 is 10.1 Å². The lowest BCUT2D eigenvalue weighted by atomic mass is 10.1. The van der Waals surface area contributed by atoms with Crippen LogP contribution in [0.4, 0.5) is 10.5 Å². The number of carbonyl (C=O) groups excluding carboxylic acids is 3. The highest BCUT2D eigenvalue weighted by Crippen LogP contribution is 2.34. The number of aryl methyl sites for hydroxylation is 1. The summed E-state index contributed by atoms with van der Waals surface area (Å²) in [5.74, 6) is -0.566. The zero-order valence-corrected chi connectivity index (χ0v) is 22.0. The van der Waals surface area contributed by atoms with Crippen molar-refractivity contribution in [1.29, 1.82) is 0 Å². The topological polar surface area (TPSA) is 75.7 Å². The molecule has 0 atom stereocenters. The van der Waals surface area contributed by atoms with Gasteiger partial charge in [0.05, 0.1) is 4.91 Å². The Morgan fingerprint density at radius 2 is 1.81 bits per heavy atom. The molecular weight excluding hydrogens is 543 g/mol. The first-order chi connectivity index (χ1) is 17.2. The SMILES string of the molecule is Cc1ccc(NC(=O)CN2C(=O)S/C(=C/c3ccccc3OCc3ccc(Cl)cc3Cl)C2=O)cc1Cl. The maximum Gasteiger partial charge on any atom is 0.294 e. The van der Waals surface area contributed by atoms with Crippen LogP contribution in [-0.4, -0.2) is 28.5 Å². The van der Waals surface area contributed by atoms with Gasteiger partial charge in [-0.3, -0.25) is 19.3 Å². The predicted molar refractivity (Wildman–Crippen MR) is 145 cm³/mol. The third kappa shape index (κ3) is 6.23. The Balaban J connectivity index is 1.45. The highest BCUT2D eigenvalue weighted by atomic mass is 35.5. The molecule has 1 heterocycles. The van der Waals surface area contributed by atoms with Crippen LogP contribution in [0.3, 0.4) is 0 Å². The summed E-state index contributed by atoms with van der Waals surface area (Å²) >= 11 is 19.0. The number of anilines is 1. The number of nitrogens with zero attached hydrogens (tertiary/aromatic N) is 1. The van der Waals surface area contributed by atoms with Crippen LogP contribution in [0.25, 0.3) is 6.08 Å². The van der Waals surface area contributed by atoms with Gasteiger partial charge in [0.15, 0.2) is 0 Å². The molecule has 10 heteroatoms. The second-order valence-corrected chi connectivity index (χ2v) is 10.1. The molecule has 1 saturated heterocycles. The lowest BCUT2D eigenvalue weighted by Gasteiger charge is -2.13. The first-order valence-corrected chi connectivity index (χ1v) is 12.6. The minimum absolute atomic E-state index is 0.186. The number of hydrogen-bond acceptors (Lipinski definition) is 5. The van der Waals surface area contributed by atoms with Crippen molar-refractivity contribution in [2.24, 2.45) is 0 Å². The molecule has 1 aliphatic rings. The zero-order chi connectivity index (χ0) is 25.8. The molecule has 0 unspecified atom stereocenters. The van der Waals surface area contributed by atoms with Crippen LogP contribution in [0.5, 0.6) is 5.75 Å². The van der Waals surface area contributed by atoms with Crippen molar-refractivity contribution in [3.05, 3.63) is 97.3 Å². The van der Waals surface area contributed by atoms with Gasteiger partial charge >= 0.3 is 0 Å². The van der Waals surface area contributed by atoms with Crippen LogP contribution in [0.2, 0.25) is 15.1 Å². The molecule has 0 radical (unpaired) electrons. The third-order valence-corrected chi connectivity index (χ3v) is 7.14. The van der Waals surface area contributed by atoms with E-state index in [-0.39, 0.29) is 11.5 Å². The van der Waals surface area contributed by atoms with Crippen molar-refractivity contribution in [2.75, 3.05) is 11.9 Å². The molecule has 3 aromatic carbocycles. The molecular formula is C26H19Cl3N2O4S. The van der Waals surface area contributed by atoms with Gasteiger partial charge in [-0.2, -0.15) is 0 Å². The number of ether oxygens (including phenoxy) is 1. The summed E-state index contributed by atoms with van der Waals surface area (Å²) in [6, 6.07) is 17.3. The normalized spacial score (nSPS) is 14.4. The fourth-order valence-corrected chi connectivity index (χ4v) is 4.79. The molecule has 184 valence electrons. The quantitative estimate of drug-likeness (QED) is 0.309. The minimum Gasteiger partial charge on any atom is -0.488 e. The number of hydrogen-bond donors (Lipinski definition) is 1. The molecule has 0 spiro atoms. The monoisotopic (exact) mass is 560 g/mol. The van der Waals surface area contributed by atoms with Crippen LogP contribution >= 0.6 is 46.6 Å². The summed E-state index contributed by atoms with van der Waals surface area (Å²) in [6.07, 6.45) is 1.57. The van der Waals surface area contributed by atoms with Crippen LogP contribution in [-0.2, 0) is 16.2 Å². The van der Waals surface area contributed by atoms with Crippen molar-refractivity contribution in [3.8, 4) is 5.75 Å². The molecule has 0 bridgehead atoms. The maximum absolute atomic E-state index is 12.9. The maximum atomic E-state index is 12.9. The van der Waals surface area contributed by atoms with Crippen molar-refractivity contribution in [3.63, 3.8) is 0 Å². The van der Waals surface area contributed by atoms with E-state index in [4.69, 9.17) is 39.5 Å². The highest BCUT2D eigenvalue weighted by molar-refractivity contribution is 8.18. The van der Waals surface area contributed by atoms with Gasteiger partial charge in [-0.25, -0.2) is 0 Å². The van der Waals surface area contributed by atoms with Crippen LogP contribution in [0, 0.1) is 6.92 Å². The van der Waals surface area contributed by atoms with Crippen molar-refractivity contribution in [2.45, 2.75) is 13.5 Å². The molecule has 3 amide bonds. The summed E-state index contributed by atoms with van der Waals surface area (Å²) < 4.78 is 5.93. The van der Waals surface area contributed by atoms with Crippen molar-refractivity contribution in [1.82, 2.24) is 4.90 Å². The Morgan fingerprint density at radius 3 is 2.56 bits per heavy atom. The Bertz CT molecular complexity index is 1390. The summed E-state index contributed by atoms with van der Waals surface area (Å²) in [7, 11) is 0. The Kier molecular flexibility index (Phi) is 8.26. The molecule has 3 aromatic rings. The lowest BCUT2D eigenvalue weighted by molar-refractivity contribution is -0.127. The van der Waals surface area contributed by atoms with Crippen molar-refractivity contribution < 1.29 is 19.1 Å². The number of thioether (sulfide) groups is 1. The Hall–Kier alpha value is -2.97. The largest absolute Gasteiger partial charge is 0.488 e. The van der Waals surface area contributed by atoms with Crippen LogP contribution in [0.1, 0.15) is 16.7 Å². The average molecular weight is 562 g/mol. The molecule has 1 fully saturated rings. The molecule has 36 heavy (non-hydrogen) atoms. The Morgan fingerprint density at radius 1 is 1.03 bits per heavy atom. The van der Waals surface area contributed by atoms with E-state index in [1.165, 1.54) is 0 Å². The molecule has 0 saturated carbocycles. The molecule has 0 aromatic heterocycles. The predicted octanol–water partition coefficient (Wildman–Crippen LogP) is 7.21. The van der Waals surface area contributed by atoms with Gasteiger partial charge in [-0.15, -0.1) is 0 Å². The molecule has 1 N–H and O–H groups in total. The second-order valence-electron chi connectivity index (χ2n) is 7.84. The molecule has 1 aliphatic heterocycles. The number of rotatable bonds is 7. The van der Waals surface area contributed by atoms with Crippen LogP contribution in [0.15, 0.2) is 65.6 Å². The molecule has 4 rings (SSSR count). The van der Waals surface area contributed by atoms with E-state index in [2.05, 4.69) is 5.32 Å². The zero-order valence-electron chi connectivity index (χ0n) is 18.9. The van der Waals surface area contributed by atoms with Gasteiger partial charge in [0, 0.05) is 31.9 Å². The average Bonchev–Trinajstić information content (AvgIpc) is 3.09. The summed E-state index contributed by atoms with van der Waals surface area (Å²) in [5, 5.41) is 3.63. The van der Waals surface area contributed by atoms with E-state index in [9.17, 15) is 14.4 Å². The van der Waals surface area contributed by atoms with E-state index >= 15 is 0 Å². The first kappa shape index (κ1) is 26.1. The van der Waals surface area contributed by atoms with Gasteiger partial charge in [0.2, 0.25) is 5.91 Å². The summed E-state index contributed by atoms with van der Waals surface area (Å²) in [5.41, 5.74) is 2.69. The van der Waals surface area contributed by atoms with Gasteiger partial charge in [0.25, 0.3) is 11.1 Å². The number of benzene rings is 3. The van der Waals surface area contributed by atoms with E-state index in [0.717, 1.165) is 27.8 Å². The number of nitrogens with one attached hydrogen (secondary N) is 1. The second kappa shape index (κ2) is 11.4. The minimum atomic E-state index is -0.558. The van der Waals surface area contributed by atoms with E-state index in [1.54, 1.807) is 66.7 Å². The number of carbonyl (C=O) groups is 3.